The van der Waals surface area contributed by atoms with Crippen molar-refractivity contribution >= 4 is 33.8 Å². The lowest BCUT2D eigenvalue weighted by atomic mass is 10.2. The summed E-state index contributed by atoms with van der Waals surface area (Å²) in [5.74, 6) is 0.00982. The van der Waals surface area contributed by atoms with Crippen LogP contribution in [0, 0.1) is 6.92 Å². The van der Waals surface area contributed by atoms with Gasteiger partial charge < -0.3 is 16.0 Å². The summed E-state index contributed by atoms with van der Waals surface area (Å²) in [4.78, 5) is 15.9. The van der Waals surface area contributed by atoms with Crippen molar-refractivity contribution in [1.82, 2.24) is 10.3 Å². The molecule has 5 nitrogen and oxygen atoms in total. The molecule has 6 heteroatoms. The van der Waals surface area contributed by atoms with Crippen molar-refractivity contribution in [3.63, 3.8) is 0 Å². The zero-order valence-electron chi connectivity index (χ0n) is 11.6. The molecule has 1 heterocycles. The zero-order valence-corrected chi connectivity index (χ0v) is 12.4. The minimum Gasteiger partial charge on any atom is -0.332 e. The van der Waals surface area contributed by atoms with E-state index >= 15 is 0 Å². The monoisotopic (exact) mass is 290 g/mol. The highest BCUT2D eigenvalue weighted by molar-refractivity contribution is 7.13. The van der Waals surface area contributed by atoms with E-state index in [2.05, 4.69) is 20.9 Å². The number of anilines is 3. The molecule has 0 aliphatic carbocycles. The molecule has 0 radical (unpaired) electrons. The Balaban J connectivity index is 1.91. The molecular weight excluding hydrogens is 272 g/mol. The first kappa shape index (κ1) is 14.5. The quantitative estimate of drug-likeness (QED) is 0.765. The molecule has 3 N–H and O–H groups in total. The Morgan fingerprint density at radius 3 is 2.55 bits per heavy atom. The molecule has 1 aromatic heterocycles. The van der Waals surface area contributed by atoms with Gasteiger partial charge in [0.2, 0.25) is 5.91 Å². The molecular formula is C14H18N4OS. The predicted molar refractivity (Wildman–Crippen MR) is 83.7 cm³/mol. The van der Waals surface area contributed by atoms with Crippen molar-refractivity contribution in [2.45, 2.75) is 13.3 Å². The number of aromatic nitrogens is 1. The highest BCUT2D eigenvalue weighted by atomic mass is 32.1. The maximum atomic E-state index is 11.6. The number of aryl methyl sites for hydroxylation is 1. The molecule has 1 aromatic carbocycles. The van der Waals surface area contributed by atoms with Crippen LogP contribution in [0.5, 0.6) is 0 Å². The van der Waals surface area contributed by atoms with E-state index in [4.69, 9.17) is 0 Å². The maximum Gasteiger partial charge on any atom is 0.225 e. The Morgan fingerprint density at radius 1 is 1.25 bits per heavy atom. The highest BCUT2D eigenvalue weighted by Gasteiger charge is 2.02. The second-order valence-electron chi connectivity index (χ2n) is 4.40. The molecule has 2 aromatic rings. The second-order valence-corrected chi connectivity index (χ2v) is 5.26. The second kappa shape index (κ2) is 7.02. The van der Waals surface area contributed by atoms with Gasteiger partial charge in [-0.1, -0.05) is 0 Å². The van der Waals surface area contributed by atoms with Gasteiger partial charge in [0.25, 0.3) is 0 Å². The summed E-state index contributed by atoms with van der Waals surface area (Å²) in [6.45, 7) is 2.64. The summed E-state index contributed by atoms with van der Waals surface area (Å²) in [5, 5.41) is 11.9. The number of carbonyl (C=O) groups is 1. The number of nitrogens with one attached hydrogen (secondary N) is 3. The third kappa shape index (κ3) is 4.32. The number of hydrogen-bond donors (Lipinski definition) is 3. The van der Waals surface area contributed by atoms with Crippen molar-refractivity contribution in [1.29, 1.82) is 0 Å². The van der Waals surface area contributed by atoms with Gasteiger partial charge in [0.05, 0.1) is 5.69 Å². The smallest absolute Gasteiger partial charge is 0.225 e. The number of rotatable bonds is 6. The van der Waals surface area contributed by atoms with E-state index < -0.39 is 0 Å². The number of amides is 1. The van der Waals surface area contributed by atoms with Gasteiger partial charge in [-0.05, 0) is 38.2 Å². The average Bonchev–Trinajstić information content (AvgIpc) is 2.84. The molecule has 2 rings (SSSR count). The van der Waals surface area contributed by atoms with Crippen LogP contribution in [0.2, 0.25) is 0 Å². The van der Waals surface area contributed by atoms with Crippen LogP contribution in [0.3, 0.4) is 0 Å². The highest BCUT2D eigenvalue weighted by Crippen LogP contribution is 2.21. The molecule has 0 unspecified atom stereocenters. The molecule has 0 spiro atoms. The number of carbonyl (C=O) groups excluding carboxylic acids is 1. The summed E-state index contributed by atoms with van der Waals surface area (Å²) >= 11 is 1.57. The molecule has 0 saturated heterocycles. The van der Waals surface area contributed by atoms with Gasteiger partial charge in [-0.3, -0.25) is 4.79 Å². The summed E-state index contributed by atoms with van der Waals surface area (Å²) in [6, 6.07) is 7.59. The lowest BCUT2D eigenvalue weighted by molar-refractivity contribution is -0.116. The van der Waals surface area contributed by atoms with Gasteiger partial charge in [0.15, 0.2) is 5.13 Å². The van der Waals surface area contributed by atoms with Crippen molar-refractivity contribution < 1.29 is 4.79 Å². The molecule has 106 valence electrons. The van der Waals surface area contributed by atoms with Crippen LogP contribution < -0.4 is 16.0 Å². The Kier molecular flexibility index (Phi) is 5.09. The largest absolute Gasteiger partial charge is 0.332 e. The van der Waals surface area contributed by atoms with Crippen molar-refractivity contribution in [3.05, 3.63) is 35.3 Å². The minimum absolute atomic E-state index is 0.00982. The summed E-state index contributed by atoms with van der Waals surface area (Å²) in [5.41, 5.74) is 2.76. The Bertz CT molecular complexity index is 565. The van der Waals surface area contributed by atoms with E-state index in [1.54, 1.807) is 11.3 Å². The molecule has 0 fully saturated rings. The normalized spacial score (nSPS) is 10.3. The fourth-order valence-electron chi connectivity index (χ4n) is 1.63. The SMILES string of the molecule is CNCCC(=O)Nc1ccc(Nc2nc(C)cs2)cc1. The topological polar surface area (TPSA) is 66.1 Å². The summed E-state index contributed by atoms with van der Waals surface area (Å²) < 4.78 is 0. The van der Waals surface area contributed by atoms with E-state index in [1.165, 1.54) is 0 Å². The van der Waals surface area contributed by atoms with Crippen LogP contribution in [-0.2, 0) is 4.79 Å². The lowest BCUT2D eigenvalue weighted by Crippen LogP contribution is -2.18. The first-order valence-corrected chi connectivity index (χ1v) is 7.29. The van der Waals surface area contributed by atoms with Gasteiger partial charge in [-0.25, -0.2) is 4.98 Å². The fraction of sp³-hybridized carbons (Fsp3) is 0.286. The molecule has 0 aliphatic rings. The Morgan fingerprint density at radius 2 is 1.95 bits per heavy atom. The standard InChI is InChI=1S/C14H18N4OS/c1-10-9-20-14(16-10)18-12-5-3-11(4-6-12)17-13(19)7-8-15-2/h3-6,9,15H,7-8H2,1-2H3,(H,16,18)(H,17,19). The Hall–Kier alpha value is -1.92. The van der Waals surface area contributed by atoms with Gasteiger partial charge >= 0.3 is 0 Å². The number of thiazole rings is 1. The van der Waals surface area contributed by atoms with Crippen LogP contribution in [0.4, 0.5) is 16.5 Å². The molecule has 1 amide bonds. The van der Waals surface area contributed by atoms with E-state index in [-0.39, 0.29) is 5.91 Å². The van der Waals surface area contributed by atoms with Gasteiger partial charge in [-0.2, -0.15) is 0 Å². The van der Waals surface area contributed by atoms with Crippen LogP contribution in [0.15, 0.2) is 29.6 Å². The number of hydrogen-bond acceptors (Lipinski definition) is 5. The molecule has 0 atom stereocenters. The summed E-state index contributed by atoms with van der Waals surface area (Å²) in [7, 11) is 1.83. The fourth-order valence-corrected chi connectivity index (χ4v) is 2.34. The van der Waals surface area contributed by atoms with Crippen LogP contribution >= 0.6 is 11.3 Å². The van der Waals surface area contributed by atoms with Gasteiger partial charge in [-0.15, -0.1) is 11.3 Å². The van der Waals surface area contributed by atoms with Crippen LogP contribution in [0.25, 0.3) is 0 Å². The van der Waals surface area contributed by atoms with Crippen molar-refractivity contribution in [2.75, 3.05) is 24.2 Å². The van der Waals surface area contributed by atoms with Crippen molar-refractivity contribution in [3.8, 4) is 0 Å². The number of benzene rings is 1. The van der Waals surface area contributed by atoms with E-state index in [1.807, 2.05) is 43.6 Å². The molecule has 0 bridgehead atoms. The van der Waals surface area contributed by atoms with E-state index in [0.29, 0.717) is 13.0 Å². The molecule has 0 saturated carbocycles. The maximum absolute atomic E-state index is 11.6. The Labute approximate surface area is 122 Å². The average molecular weight is 290 g/mol. The number of nitrogens with zero attached hydrogens (tertiary/aromatic N) is 1. The first-order chi connectivity index (χ1) is 9.67. The molecule has 0 aliphatic heterocycles. The summed E-state index contributed by atoms with van der Waals surface area (Å²) in [6.07, 6.45) is 0.467. The van der Waals surface area contributed by atoms with Crippen LogP contribution in [0.1, 0.15) is 12.1 Å². The lowest BCUT2D eigenvalue weighted by Gasteiger charge is -2.07. The van der Waals surface area contributed by atoms with Gasteiger partial charge in [0.1, 0.15) is 0 Å². The third-order valence-electron chi connectivity index (χ3n) is 2.64. The minimum atomic E-state index is 0.00982. The van der Waals surface area contributed by atoms with Gasteiger partial charge in [0, 0.05) is 29.7 Å². The first-order valence-electron chi connectivity index (χ1n) is 6.41. The van der Waals surface area contributed by atoms with Crippen molar-refractivity contribution in [2.24, 2.45) is 0 Å². The van der Waals surface area contributed by atoms with E-state index in [9.17, 15) is 4.79 Å². The zero-order chi connectivity index (χ0) is 14.4. The van der Waals surface area contributed by atoms with Crippen LogP contribution in [-0.4, -0.2) is 24.5 Å². The molecule has 20 heavy (non-hydrogen) atoms. The van der Waals surface area contributed by atoms with E-state index in [0.717, 1.165) is 22.2 Å². The predicted octanol–water partition coefficient (Wildman–Crippen LogP) is 2.74. The third-order valence-corrected chi connectivity index (χ3v) is 3.52.